The van der Waals surface area contributed by atoms with Crippen LogP contribution in [0.25, 0.3) is 0 Å². The van der Waals surface area contributed by atoms with E-state index in [-0.39, 0.29) is 12.1 Å². The lowest BCUT2D eigenvalue weighted by Crippen LogP contribution is -2.39. The van der Waals surface area contributed by atoms with Crippen molar-refractivity contribution in [3.63, 3.8) is 0 Å². The quantitative estimate of drug-likeness (QED) is 0.856. The largest absolute Gasteiger partial charge is 0.380 e. The highest BCUT2D eigenvalue weighted by Crippen LogP contribution is 2.35. The minimum absolute atomic E-state index is 0.0735. The molecule has 4 heteroatoms. The zero-order valence-electron chi connectivity index (χ0n) is 11.8. The van der Waals surface area contributed by atoms with Crippen LogP contribution in [0.15, 0.2) is 12.3 Å². The van der Waals surface area contributed by atoms with Gasteiger partial charge in [0.15, 0.2) is 0 Å². The van der Waals surface area contributed by atoms with E-state index in [4.69, 9.17) is 15.6 Å². The maximum absolute atomic E-state index is 6.29. The first-order valence-corrected chi connectivity index (χ1v) is 7.60. The summed E-state index contributed by atoms with van der Waals surface area (Å²) in [5.41, 5.74) is 7.40. The highest BCUT2D eigenvalue weighted by Gasteiger charge is 2.35. The van der Waals surface area contributed by atoms with Crippen LogP contribution < -0.4 is 5.73 Å². The van der Waals surface area contributed by atoms with E-state index in [1.54, 1.807) is 7.11 Å². The summed E-state index contributed by atoms with van der Waals surface area (Å²) in [5, 5.41) is 4.71. The van der Waals surface area contributed by atoms with Crippen LogP contribution in [0.2, 0.25) is 0 Å². The second kappa shape index (κ2) is 5.63. The van der Waals surface area contributed by atoms with Crippen LogP contribution in [0.1, 0.15) is 50.3 Å². The highest BCUT2D eigenvalue weighted by atomic mass is 16.5. The van der Waals surface area contributed by atoms with Crippen LogP contribution in [0.3, 0.4) is 0 Å². The van der Waals surface area contributed by atoms with Crippen LogP contribution in [-0.2, 0) is 11.2 Å². The van der Waals surface area contributed by atoms with Crippen molar-refractivity contribution >= 4 is 0 Å². The molecule has 19 heavy (non-hydrogen) atoms. The first-order valence-electron chi connectivity index (χ1n) is 7.60. The molecule has 0 bridgehead atoms. The van der Waals surface area contributed by atoms with Gasteiger partial charge in [-0.1, -0.05) is 12.8 Å². The zero-order valence-corrected chi connectivity index (χ0v) is 11.8. The average Bonchev–Trinajstić information content (AvgIpc) is 2.93. The Bertz CT molecular complexity index is 407. The van der Waals surface area contributed by atoms with E-state index in [1.807, 2.05) is 0 Å². The van der Waals surface area contributed by atoms with Crippen LogP contribution in [0.4, 0.5) is 0 Å². The Morgan fingerprint density at radius 3 is 2.74 bits per heavy atom. The Morgan fingerprint density at radius 1 is 1.37 bits per heavy atom. The van der Waals surface area contributed by atoms with E-state index in [9.17, 15) is 0 Å². The number of hydrogen-bond acceptors (Lipinski definition) is 3. The minimum atomic E-state index is 0.0735. The van der Waals surface area contributed by atoms with Gasteiger partial charge in [0.1, 0.15) is 0 Å². The number of nitrogens with two attached hydrogens (primary N) is 1. The predicted molar refractivity (Wildman–Crippen MR) is 74.9 cm³/mol. The molecule has 2 aliphatic carbocycles. The monoisotopic (exact) mass is 263 g/mol. The number of ether oxygens (including phenoxy) is 1. The fraction of sp³-hybridized carbons (Fsp3) is 0.800. The van der Waals surface area contributed by atoms with E-state index < -0.39 is 0 Å². The maximum atomic E-state index is 6.29. The molecule has 0 aliphatic heterocycles. The molecule has 1 aromatic heterocycles. The van der Waals surface area contributed by atoms with Crippen molar-refractivity contribution < 1.29 is 4.74 Å². The van der Waals surface area contributed by atoms with Gasteiger partial charge in [0, 0.05) is 25.8 Å². The number of rotatable bonds is 6. The van der Waals surface area contributed by atoms with Crippen LogP contribution in [-0.4, -0.2) is 29.0 Å². The van der Waals surface area contributed by atoms with Crippen LogP contribution in [0.5, 0.6) is 0 Å². The Morgan fingerprint density at radius 2 is 2.11 bits per heavy atom. The summed E-state index contributed by atoms with van der Waals surface area (Å²) in [7, 11) is 1.78. The van der Waals surface area contributed by atoms with Crippen molar-refractivity contribution in [1.82, 2.24) is 9.78 Å². The molecule has 2 saturated carbocycles. The molecule has 0 aromatic carbocycles. The van der Waals surface area contributed by atoms with Gasteiger partial charge in [-0.25, -0.2) is 0 Å². The molecule has 4 nitrogen and oxygen atoms in total. The molecule has 2 aliphatic rings. The first kappa shape index (κ1) is 13.1. The van der Waals surface area contributed by atoms with E-state index in [1.165, 1.54) is 38.5 Å². The molecule has 0 radical (unpaired) electrons. The Hall–Kier alpha value is -0.870. The molecule has 2 atom stereocenters. The predicted octanol–water partition coefficient (Wildman–Crippen LogP) is 2.29. The lowest BCUT2D eigenvalue weighted by Gasteiger charge is -2.21. The molecule has 2 fully saturated rings. The van der Waals surface area contributed by atoms with Gasteiger partial charge < -0.3 is 10.5 Å². The molecule has 2 N–H and O–H groups in total. The second-order valence-corrected chi connectivity index (χ2v) is 6.13. The smallest absolute Gasteiger partial charge is 0.0754 e. The summed E-state index contributed by atoms with van der Waals surface area (Å²) in [5.74, 6) is 0.678. The van der Waals surface area contributed by atoms with Gasteiger partial charge in [-0.15, -0.1) is 0 Å². The van der Waals surface area contributed by atoms with E-state index in [2.05, 4.69) is 16.9 Å². The normalized spacial score (nSPS) is 23.7. The van der Waals surface area contributed by atoms with E-state index >= 15 is 0 Å². The van der Waals surface area contributed by atoms with Crippen molar-refractivity contribution in [2.75, 3.05) is 7.11 Å². The van der Waals surface area contributed by atoms with Gasteiger partial charge in [-0.2, -0.15) is 5.10 Å². The van der Waals surface area contributed by atoms with Crippen molar-refractivity contribution in [3.8, 4) is 0 Å². The van der Waals surface area contributed by atoms with Crippen molar-refractivity contribution in [2.24, 2.45) is 11.7 Å². The van der Waals surface area contributed by atoms with E-state index in [0.29, 0.717) is 12.0 Å². The van der Waals surface area contributed by atoms with Gasteiger partial charge in [0.25, 0.3) is 0 Å². The molecule has 1 heterocycles. The molecule has 0 spiro atoms. The fourth-order valence-electron chi connectivity index (χ4n) is 3.36. The summed E-state index contributed by atoms with van der Waals surface area (Å²) in [4.78, 5) is 0. The third-order valence-electron chi connectivity index (χ3n) is 4.59. The lowest BCUT2D eigenvalue weighted by atomic mass is 10.0. The maximum Gasteiger partial charge on any atom is 0.0754 e. The van der Waals surface area contributed by atoms with E-state index in [0.717, 1.165) is 12.1 Å². The average molecular weight is 263 g/mol. The molecule has 0 amide bonds. The Labute approximate surface area is 115 Å². The molecule has 3 rings (SSSR count). The molecular weight excluding hydrogens is 238 g/mol. The number of hydrogen-bond donors (Lipinski definition) is 1. The second-order valence-electron chi connectivity index (χ2n) is 6.13. The third-order valence-corrected chi connectivity index (χ3v) is 4.59. The molecular formula is C15H25N3O. The fourth-order valence-corrected chi connectivity index (χ4v) is 3.36. The molecule has 0 saturated heterocycles. The first-order chi connectivity index (χ1) is 9.28. The summed E-state index contributed by atoms with van der Waals surface area (Å²) < 4.78 is 7.70. The van der Waals surface area contributed by atoms with Crippen molar-refractivity contribution in [2.45, 2.75) is 63.1 Å². The van der Waals surface area contributed by atoms with Gasteiger partial charge in [-0.05, 0) is 37.7 Å². The standard InChI is InChI=1S/C15H25N3O/c1-19-15(11-6-7-11)14(16)10-12-8-9-18(17-12)13-4-2-3-5-13/h8-9,11,13-15H,2-7,10,16H2,1H3. The Balaban J connectivity index is 1.59. The highest BCUT2D eigenvalue weighted by molar-refractivity contribution is 5.04. The number of aromatic nitrogens is 2. The number of nitrogens with zero attached hydrogens (tertiary/aromatic N) is 2. The summed E-state index contributed by atoms with van der Waals surface area (Å²) >= 11 is 0. The molecule has 1 aromatic rings. The SMILES string of the molecule is COC(C(N)Cc1ccn(C2CCCC2)n1)C1CC1. The molecule has 106 valence electrons. The molecule has 2 unspecified atom stereocenters. The topological polar surface area (TPSA) is 53.1 Å². The Kier molecular flexibility index (Phi) is 3.89. The zero-order chi connectivity index (χ0) is 13.2. The van der Waals surface area contributed by atoms with Crippen LogP contribution >= 0.6 is 0 Å². The van der Waals surface area contributed by atoms with Crippen LogP contribution in [0, 0.1) is 5.92 Å². The minimum Gasteiger partial charge on any atom is -0.380 e. The van der Waals surface area contributed by atoms with Crippen molar-refractivity contribution in [3.05, 3.63) is 18.0 Å². The van der Waals surface area contributed by atoms with Crippen molar-refractivity contribution in [1.29, 1.82) is 0 Å². The summed E-state index contributed by atoms with van der Waals surface area (Å²) in [6.45, 7) is 0. The summed E-state index contributed by atoms with van der Waals surface area (Å²) in [6.07, 6.45) is 10.9. The number of methoxy groups -OCH3 is 1. The van der Waals surface area contributed by atoms with Gasteiger partial charge in [-0.3, -0.25) is 4.68 Å². The summed E-state index contributed by atoms with van der Waals surface area (Å²) in [6, 6.07) is 2.81. The van der Waals surface area contributed by atoms with Gasteiger partial charge in [0.2, 0.25) is 0 Å². The van der Waals surface area contributed by atoms with Gasteiger partial charge in [0.05, 0.1) is 17.8 Å². The van der Waals surface area contributed by atoms with Gasteiger partial charge >= 0.3 is 0 Å². The third kappa shape index (κ3) is 3.00. The lowest BCUT2D eigenvalue weighted by molar-refractivity contribution is 0.0623.